The van der Waals surface area contributed by atoms with E-state index in [4.69, 9.17) is 29.0 Å². The van der Waals surface area contributed by atoms with Crippen molar-refractivity contribution in [1.29, 1.82) is 0 Å². The number of ether oxygens (including phenoxy) is 3. The van der Waals surface area contributed by atoms with Crippen molar-refractivity contribution in [1.82, 2.24) is 6.15 Å². The second-order valence-electron chi connectivity index (χ2n) is 5.41. The second-order valence-corrected chi connectivity index (χ2v) is 6.50. The van der Waals surface area contributed by atoms with Crippen LogP contribution in [0.15, 0.2) is 0 Å². The van der Waals surface area contributed by atoms with Gasteiger partial charge in [0.1, 0.15) is 0 Å². The zero-order valence-corrected chi connectivity index (χ0v) is 20.5. The molecule has 0 bridgehead atoms. The summed E-state index contributed by atoms with van der Waals surface area (Å²) in [7, 11) is -4.25. The minimum absolute atomic E-state index is 0. The first-order chi connectivity index (χ1) is 12.4. The van der Waals surface area contributed by atoms with Crippen LogP contribution >= 0.6 is 0 Å². The van der Waals surface area contributed by atoms with Gasteiger partial charge in [-0.25, -0.2) is 4.18 Å². The van der Waals surface area contributed by atoms with Gasteiger partial charge in [0.05, 0.1) is 59.5 Å². The topological polar surface area (TPSA) is 167 Å². The van der Waals surface area contributed by atoms with Crippen molar-refractivity contribution < 1.29 is 41.6 Å². The van der Waals surface area contributed by atoms with E-state index >= 15 is 0 Å². The third-order valence-electron chi connectivity index (χ3n) is 3.21. The summed E-state index contributed by atoms with van der Waals surface area (Å²) in [6.07, 6.45) is 3.97. The van der Waals surface area contributed by atoms with E-state index in [9.17, 15) is 8.42 Å². The molecular weight excluding hydrogens is 405 g/mol. The van der Waals surface area contributed by atoms with E-state index in [-0.39, 0.29) is 61.4 Å². The Bertz CT molecular complexity index is 365. The SMILES string of the molecule is CCCCC(CC)COS(=O)(=O)O.N.OCCOCCOCCOCCO.[Na]. The molecule has 28 heavy (non-hydrogen) atoms. The minimum Gasteiger partial charge on any atom is -0.394 e. The quantitative estimate of drug-likeness (QED) is 0.143. The fourth-order valence-electron chi connectivity index (χ4n) is 1.75. The molecule has 10 nitrogen and oxygen atoms in total. The van der Waals surface area contributed by atoms with Gasteiger partial charge < -0.3 is 30.6 Å². The van der Waals surface area contributed by atoms with Gasteiger partial charge in [-0.3, -0.25) is 4.55 Å². The predicted octanol–water partition coefficient (Wildman–Crippen LogP) is 0.824. The van der Waals surface area contributed by atoms with Crippen molar-refractivity contribution in [2.45, 2.75) is 39.5 Å². The molecule has 1 atom stereocenters. The Kier molecular flexibility index (Phi) is 35.6. The standard InChI is InChI=1S/C8H18O5.C8H18O4S.H3N.Na/c9-1-3-11-5-7-13-8-6-12-4-2-10;1-3-5-6-8(4-2)7-12-13(9,10)11;;/h9-10H,1-8H2;8H,3-7H2,1-2H3,(H,9,10,11);1H3;. The Morgan fingerprint density at radius 2 is 1.29 bits per heavy atom. The van der Waals surface area contributed by atoms with Crippen LogP contribution in [0.5, 0.6) is 0 Å². The molecule has 0 saturated heterocycles. The Morgan fingerprint density at radius 3 is 1.61 bits per heavy atom. The molecule has 0 heterocycles. The molecule has 12 heteroatoms. The van der Waals surface area contributed by atoms with Crippen molar-refractivity contribution in [2.24, 2.45) is 5.92 Å². The zero-order valence-electron chi connectivity index (χ0n) is 17.7. The largest absolute Gasteiger partial charge is 0.397 e. The van der Waals surface area contributed by atoms with Gasteiger partial charge in [0.15, 0.2) is 0 Å². The van der Waals surface area contributed by atoms with Crippen LogP contribution in [0.25, 0.3) is 0 Å². The van der Waals surface area contributed by atoms with Crippen LogP contribution in [0.3, 0.4) is 0 Å². The summed E-state index contributed by atoms with van der Waals surface area (Å²) in [5.41, 5.74) is 0. The first-order valence-electron chi connectivity index (χ1n) is 8.97. The smallest absolute Gasteiger partial charge is 0.394 e. The Balaban J connectivity index is -0.000000192. The molecule has 0 aromatic rings. The van der Waals surface area contributed by atoms with Crippen molar-refractivity contribution in [3.8, 4) is 0 Å². The molecule has 0 rings (SSSR count). The summed E-state index contributed by atoms with van der Waals surface area (Å²) in [5.74, 6) is 0.224. The first kappa shape index (κ1) is 36.0. The molecule has 0 spiro atoms. The fourth-order valence-corrected chi connectivity index (χ4v) is 2.12. The number of aliphatic hydroxyl groups is 2. The molecule has 0 aliphatic carbocycles. The van der Waals surface area contributed by atoms with E-state index in [2.05, 4.69) is 11.1 Å². The summed E-state index contributed by atoms with van der Waals surface area (Å²) in [4.78, 5) is 0. The monoisotopic (exact) mass is 444 g/mol. The Morgan fingerprint density at radius 1 is 0.857 bits per heavy atom. The van der Waals surface area contributed by atoms with Crippen LogP contribution in [0.4, 0.5) is 0 Å². The van der Waals surface area contributed by atoms with E-state index in [0.29, 0.717) is 39.6 Å². The molecule has 169 valence electrons. The maximum Gasteiger partial charge on any atom is 0.397 e. The van der Waals surface area contributed by atoms with Crippen LogP contribution in [0.1, 0.15) is 39.5 Å². The molecule has 0 aliphatic heterocycles. The Labute approximate surface area is 192 Å². The number of unbranched alkanes of at least 4 members (excludes halogenated alkanes) is 1. The molecular formula is C16H39NNaO9S. The van der Waals surface area contributed by atoms with Crippen molar-refractivity contribution in [3.63, 3.8) is 0 Å². The molecule has 0 amide bonds. The second kappa shape index (κ2) is 27.6. The van der Waals surface area contributed by atoms with Crippen LogP contribution in [0.2, 0.25) is 0 Å². The van der Waals surface area contributed by atoms with E-state index in [1.807, 2.05) is 6.92 Å². The van der Waals surface area contributed by atoms with Crippen LogP contribution < -0.4 is 6.15 Å². The van der Waals surface area contributed by atoms with Crippen molar-refractivity contribution in [3.05, 3.63) is 0 Å². The van der Waals surface area contributed by atoms with Crippen LogP contribution in [-0.4, -0.2) is 112 Å². The molecule has 0 saturated carbocycles. The average molecular weight is 445 g/mol. The minimum atomic E-state index is -4.25. The van der Waals surface area contributed by atoms with Gasteiger partial charge in [0, 0.05) is 29.6 Å². The first-order valence-corrected chi connectivity index (χ1v) is 10.3. The summed E-state index contributed by atoms with van der Waals surface area (Å²) < 4.78 is 48.2. The zero-order chi connectivity index (χ0) is 20.1. The predicted molar refractivity (Wildman–Crippen MR) is 108 cm³/mol. The maximum atomic E-state index is 10.3. The van der Waals surface area contributed by atoms with E-state index in [1.165, 1.54) is 0 Å². The molecule has 0 aliphatic rings. The van der Waals surface area contributed by atoms with Gasteiger partial charge in [-0.15, -0.1) is 0 Å². The Hall–Kier alpha value is 0.630. The maximum absolute atomic E-state index is 10.3. The van der Waals surface area contributed by atoms with Gasteiger partial charge >= 0.3 is 10.4 Å². The fraction of sp³-hybridized carbons (Fsp3) is 1.00. The molecule has 6 N–H and O–H groups in total. The summed E-state index contributed by atoms with van der Waals surface area (Å²) in [5, 5.41) is 16.7. The van der Waals surface area contributed by atoms with E-state index in [0.717, 1.165) is 25.7 Å². The summed E-state index contributed by atoms with van der Waals surface area (Å²) in [6, 6.07) is 0. The van der Waals surface area contributed by atoms with Crippen LogP contribution in [0, 0.1) is 5.92 Å². The normalized spacial score (nSPS) is 11.6. The molecule has 0 aromatic carbocycles. The molecule has 0 aromatic heterocycles. The summed E-state index contributed by atoms with van der Waals surface area (Å²) in [6.45, 7) is 6.92. The molecule has 1 unspecified atom stereocenters. The van der Waals surface area contributed by atoms with Crippen LogP contribution in [-0.2, 0) is 28.8 Å². The van der Waals surface area contributed by atoms with Gasteiger partial charge in [-0.05, 0) is 12.3 Å². The number of hydrogen-bond donors (Lipinski definition) is 4. The van der Waals surface area contributed by atoms with E-state index < -0.39 is 10.4 Å². The van der Waals surface area contributed by atoms with Crippen molar-refractivity contribution in [2.75, 3.05) is 59.5 Å². The van der Waals surface area contributed by atoms with Gasteiger partial charge in [-0.2, -0.15) is 8.42 Å². The molecule has 0 fully saturated rings. The van der Waals surface area contributed by atoms with Gasteiger partial charge in [-0.1, -0.05) is 33.1 Å². The van der Waals surface area contributed by atoms with Crippen molar-refractivity contribution >= 4 is 40.0 Å². The van der Waals surface area contributed by atoms with Gasteiger partial charge in [0.2, 0.25) is 0 Å². The summed E-state index contributed by atoms with van der Waals surface area (Å²) >= 11 is 0. The molecule has 1 radical (unpaired) electrons. The average Bonchev–Trinajstić information content (AvgIpc) is 2.60. The van der Waals surface area contributed by atoms with E-state index in [1.54, 1.807) is 0 Å². The number of aliphatic hydroxyl groups excluding tert-OH is 2. The van der Waals surface area contributed by atoms with Gasteiger partial charge in [0.25, 0.3) is 0 Å². The third kappa shape index (κ3) is 34.2. The third-order valence-corrected chi connectivity index (χ3v) is 3.65. The number of rotatable bonds is 17. The number of hydrogen-bond acceptors (Lipinski definition) is 9.